The molecule has 1 aromatic rings. The molecule has 0 saturated carbocycles. The molecule has 116 valence electrons. The molecule has 21 heavy (non-hydrogen) atoms. The first-order chi connectivity index (χ1) is 9.99. The SMILES string of the molecule is CCOC(=O)N[C@@H](C(=O)OCC)c1ccc(N(C)C)cc1. The molecule has 0 aliphatic carbocycles. The zero-order valence-electron chi connectivity index (χ0n) is 12.9. The number of hydrogen-bond donors (Lipinski definition) is 1. The molecule has 1 aromatic carbocycles. The molecule has 1 amide bonds. The minimum Gasteiger partial charge on any atom is -0.464 e. The first kappa shape index (κ1) is 16.8. The summed E-state index contributed by atoms with van der Waals surface area (Å²) >= 11 is 0. The van der Waals surface area contributed by atoms with Crippen molar-refractivity contribution in [3.63, 3.8) is 0 Å². The monoisotopic (exact) mass is 294 g/mol. The second-order valence-electron chi connectivity index (χ2n) is 4.54. The van der Waals surface area contributed by atoms with Gasteiger partial charge < -0.3 is 19.7 Å². The second kappa shape index (κ2) is 8.14. The van der Waals surface area contributed by atoms with Gasteiger partial charge in [-0.25, -0.2) is 9.59 Å². The topological polar surface area (TPSA) is 67.9 Å². The lowest BCUT2D eigenvalue weighted by Gasteiger charge is -2.19. The highest BCUT2D eigenvalue weighted by Crippen LogP contribution is 2.19. The summed E-state index contributed by atoms with van der Waals surface area (Å²) in [6, 6.07) is 6.43. The Morgan fingerprint density at radius 1 is 1.10 bits per heavy atom. The number of nitrogens with zero attached hydrogens (tertiary/aromatic N) is 1. The molecule has 6 heteroatoms. The third-order valence-electron chi connectivity index (χ3n) is 2.80. The van der Waals surface area contributed by atoms with Crippen LogP contribution >= 0.6 is 0 Å². The van der Waals surface area contributed by atoms with Gasteiger partial charge in [-0.3, -0.25) is 0 Å². The fourth-order valence-corrected chi connectivity index (χ4v) is 1.76. The van der Waals surface area contributed by atoms with E-state index in [1.54, 1.807) is 26.0 Å². The number of hydrogen-bond acceptors (Lipinski definition) is 5. The van der Waals surface area contributed by atoms with Gasteiger partial charge in [-0.15, -0.1) is 0 Å². The number of nitrogens with one attached hydrogen (secondary N) is 1. The van der Waals surface area contributed by atoms with Crippen molar-refractivity contribution < 1.29 is 19.1 Å². The lowest BCUT2D eigenvalue weighted by atomic mass is 10.1. The van der Waals surface area contributed by atoms with Crippen molar-refractivity contribution in [1.82, 2.24) is 5.32 Å². The number of esters is 1. The third kappa shape index (κ3) is 4.98. The van der Waals surface area contributed by atoms with Crippen molar-refractivity contribution in [2.45, 2.75) is 19.9 Å². The molecule has 0 saturated heterocycles. The Morgan fingerprint density at radius 2 is 1.67 bits per heavy atom. The fraction of sp³-hybridized carbons (Fsp3) is 0.467. The predicted octanol–water partition coefficient (Wildman–Crippen LogP) is 2.10. The predicted molar refractivity (Wildman–Crippen MR) is 80.3 cm³/mol. The zero-order chi connectivity index (χ0) is 15.8. The Bertz CT molecular complexity index is 471. The summed E-state index contributed by atoms with van der Waals surface area (Å²) in [5.74, 6) is -0.511. The summed E-state index contributed by atoms with van der Waals surface area (Å²) in [4.78, 5) is 25.5. The highest BCUT2D eigenvalue weighted by atomic mass is 16.6. The van der Waals surface area contributed by atoms with Crippen molar-refractivity contribution in [2.75, 3.05) is 32.2 Å². The number of ether oxygens (including phenoxy) is 2. The van der Waals surface area contributed by atoms with E-state index in [-0.39, 0.29) is 13.2 Å². The molecule has 0 heterocycles. The van der Waals surface area contributed by atoms with Crippen LogP contribution in [-0.2, 0) is 14.3 Å². The number of carbonyl (C=O) groups excluding carboxylic acids is 2. The Morgan fingerprint density at radius 3 is 2.14 bits per heavy atom. The van der Waals surface area contributed by atoms with Crippen LogP contribution in [0.3, 0.4) is 0 Å². The number of anilines is 1. The van der Waals surface area contributed by atoms with Crippen LogP contribution < -0.4 is 10.2 Å². The van der Waals surface area contributed by atoms with Crippen LogP contribution in [0.15, 0.2) is 24.3 Å². The van der Waals surface area contributed by atoms with E-state index in [4.69, 9.17) is 9.47 Å². The normalized spacial score (nSPS) is 11.4. The van der Waals surface area contributed by atoms with Gasteiger partial charge in [0.05, 0.1) is 13.2 Å². The standard InChI is InChI=1S/C15H22N2O4/c1-5-20-14(18)13(16-15(19)21-6-2)11-7-9-12(10-8-11)17(3)4/h7-10,13H,5-6H2,1-4H3,(H,16,19)/t13-/m1/s1. The molecule has 1 N–H and O–H groups in total. The van der Waals surface area contributed by atoms with Gasteiger partial charge in [-0.1, -0.05) is 12.1 Å². The van der Waals surface area contributed by atoms with Gasteiger partial charge in [0.1, 0.15) is 0 Å². The summed E-state index contributed by atoms with van der Waals surface area (Å²) in [7, 11) is 3.85. The maximum atomic E-state index is 12.0. The highest BCUT2D eigenvalue weighted by Gasteiger charge is 2.24. The van der Waals surface area contributed by atoms with E-state index in [9.17, 15) is 9.59 Å². The van der Waals surface area contributed by atoms with Crippen LogP contribution in [0.4, 0.5) is 10.5 Å². The van der Waals surface area contributed by atoms with E-state index in [0.29, 0.717) is 5.56 Å². The number of benzene rings is 1. The molecular weight excluding hydrogens is 272 g/mol. The maximum Gasteiger partial charge on any atom is 0.408 e. The highest BCUT2D eigenvalue weighted by molar-refractivity contribution is 5.82. The Hall–Kier alpha value is -2.24. The molecule has 0 radical (unpaired) electrons. The van der Waals surface area contributed by atoms with E-state index in [1.807, 2.05) is 31.1 Å². The van der Waals surface area contributed by atoms with E-state index in [1.165, 1.54) is 0 Å². The number of carbonyl (C=O) groups is 2. The minimum absolute atomic E-state index is 0.237. The van der Waals surface area contributed by atoms with Crippen molar-refractivity contribution in [3.8, 4) is 0 Å². The molecule has 0 aliphatic heterocycles. The van der Waals surface area contributed by atoms with Crippen LogP contribution in [0.1, 0.15) is 25.5 Å². The summed E-state index contributed by atoms with van der Waals surface area (Å²) in [6.07, 6.45) is -0.646. The Kier molecular flexibility index (Phi) is 6.52. The van der Waals surface area contributed by atoms with Gasteiger partial charge in [0.15, 0.2) is 6.04 Å². The van der Waals surface area contributed by atoms with Crippen molar-refractivity contribution >= 4 is 17.7 Å². The first-order valence-corrected chi connectivity index (χ1v) is 6.86. The molecule has 0 spiro atoms. The zero-order valence-corrected chi connectivity index (χ0v) is 12.9. The quantitative estimate of drug-likeness (QED) is 0.814. The van der Waals surface area contributed by atoms with Crippen LogP contribution in [0.5, 0.6) is 0 Å². The van der Waals surface area contributed by atoms with Crippen LogP contribution in [0, 0.1) is 0 Å². The number of amides is 1. The average Bonchev–Trinajstić information content (AvgIpc) is 2.45. The molecule has 1 rings (SSSR count). The molecule has 6 nitrogen and oxygen atoms in total. The fourth-order valence-electron chi connectivity index (χ4n) is 1.76. The van der Waals surface area contributed by atoms with E-state index in [2.05, 4.69) is 5.32 Å². The largest absolute Gasteiger partial charge is 0.464 e. The van der Waals surface area contributed by atoms with E-state index < -0.39 is 18.1 Å². The van der Waals surface area contributed by atoms with E-state index >= 15 is 0 Å². The summed E-state index contributed by atoms with van der Waals surface area (Å²) < 4.78 is 9.81. The van der Waals surface area contributed by atoms with Crippen molar-refractivity contribution in [2.24, 2.45) is 0 Å². The minimum atomic E-state index is -0.875. The van der Waals surface area contributed by atoms with Crippen LogP contribution in [0.25, 0.3) is 0 Å². The maximum absolute atomic E-state index is 12.0. The van der Waals surface area contributed by atoms with Crippen molar-refractivity contribution in [1.29, 1.82) is 0 Å². The second-order valence-corrected chi connectivity index (χ2v) is 4.54. The van der Waals surface area contributed by atoms with Gasteiger partial charge in [-0.05, 0) is 31.5 Å². The van der Waals surface area contributed by atoms with Crippen molar-refractivity contribution in [3.05, 3.63) is 29.8 Å². The van der Waals surface area contributed by atoms with Crippen LogP contribution in [0.2, 0.25) is 0 Å². The Balaban J connectivity index is 2.94. The number of alkyl carbamates (subject to hydrolysis) is 1. The first-order valence-electron chi connectivity index (χ1n) is 6.86. The van der Waals surface area contributed by atoms with Gasteiger partial charge in [0.2, 0.25) is 0 Å². The molecule has 0 unspecified atom stereocenters. The molecule has 0 bridgehead atoms. The summed E-state index contributed by atoms with van der Waals surface area (Å²) in [5, 5.41) is 2.52. The molecule has 1 atom stereocenters. The van der Waals surface area contributed by atoms with Gasteiger partial charge >= 0.3 is 12.1 Å². The third-order valence-corrected chi connectivity index (χ3v) is 2.80. The van der Waals surface area contributed by atoms with Crippen LogP contribution in [-0.4, -0.2) is 39.4 Å². The lowest BCUT2D eigenvalue weighted by Crippen LogP contribution is -2.35. The number of rotatable bonds is 6. The molecule has 0 aromatic heterocycles. The smallest absolute Gasteiger partial charge is 0.408 e. The summed E-state index contributed by atoms with van der Waals surface area (Å²) in [6.45, 7) is 3.90. The molecular formula is C15H22N2O4. The average molecular weight is 294 g/mol. The van der Waals surface area contributed by atoms with Gasteiger partial charge in [-0.2, -0.15) is 0 Å². The molecule has 0 aliphatic rings. The lowest BCUT2D eigenvalue weighted by molar-refractivity contribution is -0.145. The molecule has 0 fully saturated rings. The summed E-state index contributed by atoms with van der Waals surface area (Å²) in [5.41, 5.74) is 1.64. The van der Waals surface area contributed by atoms with Gasteiger partial charge in [0.25, 0.3) is 0 Å². The Labute approximate surface area is 125 Å². The van der Waals surface area contributed by atoms with Gasteiger partial charge in [0, 0.05) is 19.8 Å². The van der Waals surface area contributed by atoms with E-state index in [0.717, 1.165) is 5.69 Å².